The molecule has 3 aromatic rings. The highest BCUT2D eigenvalue weighted by Gasteiger charge is 2.10. The van der Waals surface area contributed by atoms with Crippen LogP contribution in [0.25, 0.3) is 5.69 Å². The zero-order valence-corrected chi connectivity index (χ0v) is 13.5. The molecule has 3 nitrogen and oxygen atoms in total. The van der Waals surface area contributed by atoms with Crippen LogP contribution in [-0.2, 0) is 6.54 Å². The Morgan fingerprint density at radius 2 is 2.20 bits per heavy atom. The summed E-state index contributed by atoms with van der Waals surface area (Å²) in [5.74, 6) is 0. The van der Waals surface area contributed by atoms with Crippen molar-refractivity contribution in [1.82, 2.24) is 9.78 Å². The second kappa shape index (κ2) is 5.99. The van der Waals surface area contributed by atoms with Gasteiger partial charge in [0.05, 0.1) is 17.3 Å². The lowest BCUT2D eigenvalue weighted by atomic mass is 10.2. The second-order valence-corrected chi connectivity index (χ2v) is 6.39. The SMILES string of the molecule is Clc1cccc(NCc2sccc2Br)c1-n1cccn1. The van der Waals surface area contributed by atoms with E-state index in [0.29, 0.717) is 5.02 Å². The van der Waals surface area contributed by atoms with Crippen LogP contribution in [-0.4, -0.2) is 9.78 Å². The van der Waals surface area contributed by atoms with Gasteiger partial charge in [0.15, 0.2) is 0 Å². The molecule has 6 heteroatoms. The average Bonchev–Trinajstić information content (AvgIpc) is 3.08. The molecule has 0 saturated carbocycles. The minimum Gasteiger partial charge on any atom is -0.378 e. The van der Waals surface area contributed by atoms with E-state index in [1.165, 1.54) is 4.88 Å². The van der Waals surface area contributed by atoms with E-state index >= 15 is 0 Å². The van der Waals surface area contributed by atoms with Crippen LogP contribution >= 0.6 is 38.9 Å². The first-order valence-corrected chi connectivity index (χ1v) is 8.05. The van der Waals surface area contributed by atoms with Crippen LogP contribution in [0.3, 0.4) is 0 Å². The standard InChI is InChI=1S/C14H11BrClN3S/c15-10-5-8-20-13(10)9-17-12-4-1-3-11(16)14(12)19-7-2-6-18-19/h1-8,17H,9H2. The van der Waals surface area contributed by atoms with Gasteiger partial charge >= 0.3 is 0 Å². The lowest BCUT2D eigenvalue weighted by Gasteiger charge is -2.13. The van der Waals surface area contributed by atoms with Crippen LogP contribution in [0.2, 0.25) is 5.02 Å². The molecule has 1 N–H and O–H groups in total. The van der Waals surface area contributed by atoms with Gasteiger partial charge in [-0.25, -0.2) is 4.68 Å². The van der Waals surface area contributed by atoms with Crippen molar-refractivity contribution >= 4 is 44.6 Å². The van der Waals surface area contributed by atoms with E-state index in [1.807, 2.05) is 36.5 Å². The highest BCUT2D eigenvalue weighted by molar-refractivity contribution is 9.10. The smallest absolute Gasteiger partial charge is 0.106 e. The predicted molar refractivity (Wildman–Crippen MR) is 87.9 cm³/mol. The molecule has 0 atom stereocenters. The number of hydrogen-bond acceptors (Lipinski definition) is 3. The van der Waals surface area contributed by atoms with Crippen LogP contribution in [0.5, 0.6) is 0 Å². The molecular formula is C14H11BrClN3S. The van der Waals surface area contributed by atoms with Crippen molar-refractivity contribution in [1.29, 1.82) is 0 Å². The molecule has 2 aromatic heterocycles. The van der Waals surface area contributed by atoms with E-state index in [9.17, 15) is 0 Å². The van der Waals surface area contributed by atoms with Gasteiger partial charge in [-0.2, -0.15) is 5.10 Å². The highest BCUT2D eigenvalue weighted by Crippen LogP contribution is 2.30. The Labute approximate surface area is 134 Å². The number of thiophene rings is 1. The fourth-order valence-electron chi connectivity index (χ4n) is 1.92. The molecule has 0 aliphatic heterocycles. The van der Waals surface area contributed by atoms with Crippen molar-refractivity contribution in [3.05, 3.63) is 62.5 Å². The van der Waals surface area contributed by atoms with Crippen molar-refractivity contribution in [3.8, 4) is 5.69 Å². The molecule has 0 spiro atoms. The molecule has 3 rings (SSSR count). The third kappa shape index (κ3) is 2.75. The van der Waals surface area contributed by atoms with E-state index in [4.69, 9.17) is 11.6 Å². The Kier molecular flexibility index (Phi) is 4.10. The van der Waals surface area contributed by atoms with E-state index in [0.717, 1.165) is 22.4 Å². The molecular weight excluding hydrogens is 358 g/mol. The van der Waals surface area contributed by atoms with E-state index in [-0.39, 0.29) is 0 Å². The lowest BCUT2D eigenvalue weighted by molar-refractivity contribution is 0.880. The summed E-state index contributed by atoms with van der Waals surface area (Å²) < 4.78 is 2.89. The van der Waals surface area contributed by atoms with Crippen LogP contribution in [0.15, 0.2) is 52.6 Å². The Bertz CT molecular complexity index is 709. The molecule has 0 fully saturated rings. The molecule has 20 heavy (non-hydrogen) atoms. The van der Waals surface area contributed by atoms with Crippen molar-refractivity contribution < 1.29 is 0 Å². The Balaban J connectivity index is 1.90. The molecule has 2 heterocycles. The predicted octanol–water partition coefficient (Wildman–Crippen LogP) is 4.96. The summed E-state index contributed by atoms with van der Waals surface area (Å²) in [4.78, 5) is 1.25. The molecule has 0 aliphatic rings. The van der Waals surface area contributed by atoms with Gasteiger partial charge in [-0.05, 0) is 45.6 Å². The first-order valence-electron chi connectivity index (χ1n) is 6.00. The Morgan fingerprint density at radius 3 is 2.90 bits per heavy atom. The minimum absolute atomic E-state index is 0.670. The third-order valence-corrected chi connectivity index (χ3v) is 5.08. The van der Waals surface area contributed by atoms with Crippen molar-refractivity contribution in [2.75, 3.05) is 5.32 Å². The van der Waals surface area contributed by atoms with Crippen molar-refractivity contribution in [3.63, 3.8) is 0 Å². The zero-order valence-electron chi connectivity index (χ0n) is 10.4. The average molecular weight is 369 g/mol. The molecule has 0 saturated heterocycles. The molecule has 0 unspecified atom stereocenters. The van der Waals surface area contributed by atoms with E-state index in [2.05, 4.69) is 31.7 Å². The maximum absolute atomic E-state index is 6.31. The summed E-state index contributed by atoms with van der Waals surface area (Å²) in [7, 11) is 0. The first kappa shape index (κ1) is 13.7. The van der Waals surface area contributed by atoms with E-state index in [1.54, 1.807) is 22.2 Å². The monoisotopic (exact) mass is 367 g/mol. The van der Waals surface area contributed by atoms with Gasteiger partial charge in [0.1, 0.15) is 5.69 Å². The van der Waals surface area contributed by atoms with Crippen molar-refractivity contribution in [2.45, 2.75) is 6.54 Å². The number of nitrogens with one attached hydrogen (secondary N) is 1. The summed E-state index contributed by atoms with van der Waals surface area (Å²) in [6.45, 7) is 0.743. The van der Waals surface area contributed by atoms with Gasteiger partial charge in [0.25, 0.3) is 0 Å². The highest BCUT2D eigenvalue weighted by atomic mass is 79.9. The number of halogens is 2. The van der Waals surface area contributed by atoms with Gasteiger partial charge in [0.2, 0.25) is 0 Å². The van der Waals surface area contributed by atoms with Gasteiger partial charge in [-0.1, -0.05) is 17.7 Å². The van der Waals surface area contributed by atoms with Gasteiger partial charge in [-0.3, -0.25) is 0 Å². The number of rotatable bonds is 4. The summed E-state index contributed by atoms with van der Waals surface area (Å²) in [5, 5.41) is 10.4. The molecule has 0 aliphatic carbocycles. The minimum atomic E-state index is 0.670. The van der Waals surface area contributed by atoms with Crippen LogP contribution in [0.1, 0.15) is 4.88 Å². The quantitative estimate of drug-likeness (QED) is 0.705. The molecule has 0 radical (unpaired) electrons. The van der Waals surface area contributed by atoms with Crippen LogP contribution < -0.4 is 5.32 Å². The van der Waals surface area contributed by atoms with Crippen LogP contribution in [0, 0.1) is 0 Å². The largest absolute Gasteiger partial charge is 0.378 e. The van der Waals surface area contributed by atoms with Gasteiger partial charge in [-0.15, -0.1) is 11.3 Å². The Morgan fingerprint density at radius 1 is 1.30 bits per heavy atom. The third-order valence-electron chi connectivity index (χ3n) is 2.85. The maximum atomic E-state index is 6.31. The first-order chi connectivity index (χ1) is 9.75. The normalized spacial score (nSPS) is 10.7. The number of anilines is 1. The number of hydrogen-bond donors (Lipinski definition) is 1. The number of para-hydroxylation sites is 1. The molecule has 0 bridgehead atoms. The molecule has 0 amide bonds. The zero-order chi connectivity index (χ0) is 13.9. The topological polar surface area (TPSA) is 29.9 Å². The fourth-order valence-corrected chi connectivity index (χ4v) is 3.61. The van der Waals surface area contributed by atoms with Gasteiger partial charge < -0.3 is 5.32 Å². The number of nitrogens with zero attached hydrogens (tertiary/aromatic N) is 2. The number of benzene rings is 1. The number of aromatic nitrogens is 2. The van der Waals surface area contributed by atoms with E-state index < -0.39 is 0 Å². The Hall–Kier alpha value is -1.30. The summed E-state index contributed by atoms with van der Waals surface area (Å²) >= 11 is 11.6. The maximum Gasteiger partial charge on any atom is 0.106 e. The fraction of sp³-hybridized carbons (Fsp3) is 0.0714. The molecule has 1 aromatic carbocycles. The summed E-state index contributed by atoms with van der Waals surface area (Å²) in [6.07, 6.45) is 3.62. The van der Waals surface area contributed by atoms with Crippen LogP contribution in [0.4, 0.5) is 5.69 Å². The van der Waals surface area contributed by atoms with Gasteiger partial charge in [0, 0.05) is 21.7 Å². The van der Waals surface area contributed by atoms with Crippen molar-refractivity contribution in [2.24, 2.45) is 0 Å². The lowest BCUT2D eigenvalue weighted by Crippen LogP contribution is -2.05. The summed E-state index contributed by atoms with van der Waals surface area (Å²) in [6, 6.07) is 9.73. The molecule has 102 valence electrons. The second-order valence-electron chi connectivity index (χ2n) is 4.13. The summed E-state index contributed by atoms with van der Waals surface area (Å²) in [5.41, 5.74) is 1.83.